The topological polar surface area (TPSA) is 20.3 Å². The molecular formula is C15H20FNO. The molecule has 18 heavy (non-hydrogen) atoms. The van der Waals surface area contributed by atoms with Crippen molar-refractivity contribution < 1.29 is 9.18 Å². The highest BCUT2D eigenvalue weighted by atomic mass is 19.1. The van der Waals surface area contributed by atoms with Crippen LogP contribution in [0, 0.1) is 12.7 Å². The fourth-order valence-electron chi connectivity index (χ4n) is 2.31. The van der Waals surface area contributed by atoms with E-state index in [1.54, 1.807) is 6.92 Å². The van der Waals surface area contributed by atoms with Gasteiger partial charge in [0.2, 0.25) is 0 Å². The van der Waals surface area contributed by atoms with Crippen LogP contribution in [-0.2, 0) is 0 Å². The average Bonchev–Trinajstić information content (AvgIpc) is 3.13. The summed E-state index contributed by atoms with van der Waals surface area (Å²) in [6, 6.07) is 3.74. The lowest BCUT2D eigenvalue weighted by Gasteiger charge is -2.26. The summed E-state index contributed by atoms with van der Waals surface area (Å²) in [6.07, 6.45) is 3.38. The maximum atomic E-state index is 13.6. The number of rotatable bonds is 5. The summed E-state index contributed by atoms with van der Waals surface area (Å²) in [5.41, 5.74) is 2.03. The third-order valence-corrected chi connectivity index (χ3v) is 3.42. The summed E-state index contributed by atoms with van der Waals surface area (Å²) in [5, 5.41) is 0. The van der Waals surface area contributed by atoms with Crippen LogP contribution < -0.4 is 4.90 Å². The van der Waals surface area contributed by atoms with Crippen molar-refractivity contribution in [2.24, 2.45) is 0 Å². The van der Waals surface area contributed by atoms with Crippen LogP contribution in [-0.4, -0.2) is 18.4 Å². The SMILES string of the molecule is CCCN(c1cc(C)c(F)cc1C(C)=O)C1CC1. The van der Waals surface area contributed by atoms with E-state index in [2.05, 4.69) is 11.8 Å². The molecule has 0 saturated heterocycles. The largest absolute Gasteiger partial charge is 0.368 e. The highest BCUT2D eigenvalue weighted by Gasteiger charge is 2.30. The zero-order valence-electron chi connectivity index (χ0n) is 11.3. The molecule has 0 aliphatic heterocycles. The molecule has 98 valence electrons. The number of halogens is 1. The Hall–Kier alpha value is -1.38. The molecule has 3 heteroatoms. The van der Waals surface area contributed by atoms with Crippen LogP contribution >= 0.6 is 0 Å². The molecule has 0 bridgehead atoms. The molecule has 0 radical (unpaired) electrons. The van der Waals surface area contributed by atoms with Gasteiger partial charge in [0.25, 0.3) is 0 Å². The minimum Gasteiger partial charge on any atom is -0.368 e. The van der Waals surface area contributed by atoms with Crippen LogP contribution in [0.2, 0.25) is 0 Å². The summed E-state index contributed by atoms with van der Waals surface area (Å²) >= 11 is 0. The van der Waals surface area contributed by atoms with Gasteiger partial charge in [-0.1, -0.05) is 6.92 Å². The van der Waals surface area contributed by atoms with Crippen LogP contribution in [0.25, 0.3) is 0 Å². The molecule has 1 aromatic carbocycles. The monoisotopic (exact) mass is 249 g/mol. The number of ketones is 1. The second-order valence-electron chi connectivity index (χ2n) is 5.10. The normalized spacial score (nSPS) is 14.7. The van der Waals surface area contributed by atoms with Gasteiger partial charge in [0.1, 0.15) is 5.82 Å². The van der Waals surface area contributed by atoms with E-state index in [0.717, 1.165) is 18.7 Å². The first-order valence-electron chi connectivity index (χ1n) is 6.62. The lowest BCUT2D eigenvalue weighted by atomic mass is 10.0. The number of carbonyl (C=O) groups excluding carboxylic acids is 1. The van der Waals surface area contributed by atoms with Crippen LogP contribution in [0.1, 0.15) is 49.0 Å². The van der Waals surface area contributed by atoms with Crippen LogP contribution in [0.15, 0.2) is 12.1 Å². The van der Waals surface area contributed by atoms with Crippen molar-refractivity contribution in [3.05, 3.63) is 29.1 Å². The van der Waals surface area contributed by atoms with E-state index in [0.29, 0.717) is 17.2 Å². The van der Waals surface area contributed by atoms with E-state index in [4.69, 9.17) is 0 Å². The molecule has 0 N–H and O–H groups in total. The van der Waals surface area contributed by atoms with Crippen LogP contribution in [0.5, 0.6) is 0 Å². The molecule has 0 unspecified atom stereocenters. The van der Waals surface area contributed by atoms with E-state index < -0.39 is 0 Å². The van der Waals surface area contributed by atoms with E-state index in [9.17, 15) is 9.18 Å². The molecule has 2 nitrogen and oxygen atoms in total. The summed E-state index contributed by atoms with van der Waals surface area (Å²) in [5.74, 6) is -0.359. The van der Waals surface area contributed by atoms with Gasteiger partial charge in [-0.2, -0.15) is 0 Å². The molecule has 0 amide bonds. The second kappa shape index (κ2) is 5.09. The number of hydrogen-bond donors (Lipinski definition) is 0. The number of carbonyl (C=O) groups is 1. The van der Waals surface area contributed by atoms with Gasteiger partial charge in [-0.3, -0.25) is 4.79 Å². The van der Waals surface area contributed by atoms with E-state index >= 15 is 0 Å². The highest BCUT2D eigenvalue weighted by molar-refractivity contribution is 6.00. The predicted molar refractivity (Wildman–Crippen MR) is 71.8 cm³/mol. The molecule has 0 heterocycles. The first kappa shape index (κ1) is 13.1. The molecule has 1 fully saturated rings. The zero-order chi connectivity index (χ0) is 13.3. The minimum absolute atomic E-state index is 0.0642. The summed E-state index contributed by atoms with van der Waals surface area (Å²) in [4.78, 5) is 14.0. The second-order valence-corrected chi connectivity index (χ2v) is 5.10. The Morgan fingerprint density at radius 2 is 2.11 bits per heavy atom. The Bertz CT molecular complexity index is 466. The number of hydrogen-bond acceptors (Lipinski definition) is 2. The van der Waals surface area contributed by atoms with E-state index in [1.807, 2.05) is 6.07 Å². The fourth-order valence-corrected chi connectivity index (χ4v) is 2.31. The quantitative estimate of drug-likeness (QED) is 0.741. The molecule has 2 rings (SSSR count). The Morgan fingerprint density at radius 1 is 1.44 bits per heavy atom. The number of benzene rings is 1. The molecule has 1 aromatic rings. The summed E-state index contributed by atoms with van der Waals surface area (Å²) < 4.78 is 13.6. The van der Waals surface area contributed by atoms with Gasteiger partial charge in [-0.05, 0) is 50.8 Å². The molecule has 1 aliphatic rings. The van der Waals surface area contributed by atoms with E-state index in [1.165, 1.54) is 25.8 Å². The molecule has 0 spiro atoms. The highest BCUT2D eigenvalue weighted by Crippen LogP contribution is 2.35. The van der Waals surface area contributed by atoms with Crippen molar-refractivity contribution in [2.75, 3.05) is 11.4 Å². The standard InChI is InChI=1S/C15H20FNO/c1-4-7-17(12-5-6-12)15-8-10(2)14(16)9-13(15)11(3)18/h8-9,12H,4-7H2,1-3H3. The maximum absolute atomic E-state index is 13.6. The van der Waals surface area contributed by atoms with Gasteiger partial charge >= 0.3 is 0 Å². The minimum atomic E-state index is -0.295. The molecule has 0 aromatic heterocycles. The number of aryl methyl sites for hydroxylation is 1. The number of Topliss-reactive ketones (excluding diaryl/α,β-unsaturated/α-hetero) is 1. The van der Waals surface area contributed by atoms with Gasteiger partial charge in [0.05, 0.1) is 0 Å². The number of anilines is 1. The molecule has 0 atom stereocenters. The van der Waals surface area contributed by atoms with Gasteiger partial charge in [-0.25, -0.2) is 4.39 Å². The Kier molecular flexibility index (Phi) is 3.69. The fraction of sp³-hybridized carbons (Fsp3) is 0.533. The maximum Gasteiger partial charge on any atom is 0.161 e. The first-order valence-corrected chi connectivity index (χ1v) is 6.62. The Labute approximate surface area is 108 Å². The first-order chi connectivity index (χ1) is 8.54. The zero-order valence-corrected chi connectivity index (χ0v) is 11.3. The van der Waals surface area contributed by atoms with Gasteiger partial charge in [0.15, 0.2) is 5.78 Å². The van der Waals surface area contributed by atoms with Gasteiger partial charge < -0.3 is 4.90 Å². The van der Waals surface area contributed by atoms with Crippen molar-refractivity contribution in [3.8, 4) is 0 Å². The van der Waals surface area contributed by atoms with Crippen molar-refractivity contribution >= 4 is 11.5 Å². The molecular weight excluding hydrogens is 229 g/mol. The van der Waals surface area contributed by atoms with Crippen molar-refractivity contribution in [1.82, 2.24) is 0 Å². The number of nitrogens with zero attached hydrogens (tertiary/aromatic N) is 1. The molecule has 1 aliphatic carbocycles. The smallest absolute Gasteiger partial charge is 0.161 e. The van der Waals surface area contributed by atoms with Crippen LogP contribution in [0.4, 0.5) is 10.1 Å². The third-order valence-electron chi connectivity index (χ3n) is 3.42. The average molecular weight is 249 g/mol. The van der Waals surface area contributed by atoms with Crippen LogP contribution in [0.3, 0.4) is 0 Å². The van der Waals surface area contributed by atoms with Crippen molar-refractivity contribution in [3.63, 3.8) is 0 Å². The third kappa shape index (κ3) is 2.55. The van der Waals surface area contributed by atoms with Crippen molar-refractivity contribution in [1.29, 1.82) is 0 Å². The molecule has 1 saturated carbocycles. The summed E-state index contributed by atoms with van der Waals surface area (Å²) in [7, 11) is 0. The Morgan fingerprint density at radius 3 is 2.61 bits per heavy atom. The Balaban J connectivity index is 2.45. The van der Waals surface area contributed by atoms with Crippen molar-refractivity contribution in [2.45, 2.75) is 46.1 Å². The lowest BCUT2D eigenvalue weighted by molar-refractivity contribution is 0.101. The predicted octanol–water partition coefficient (Wildman–Crippen LogP) is 3.72. The van der Waals surface area contributed by atoms with E-state index in [-0.39, 0.29) is 11.6 Å². The lowest BCUT2D eigenvalue weighted by Crippen LogP contribution is -2.28. The van der Waals surface area contributed by atoms with Gasteiger partial charge in [0, 0.05) is 23.8 Å². The van der Waals surface area contributed by atoms with Gasteiger partial charge in [-0.15, -0.1) is 0 Å². The summed E-state index contributed by atoms with van der Waals surface area (Å²) in [6.45, 7) is 6.31.